The fourth-order valence-electron chi connectivity index (χ4n) is 3.03. The van der Waals surface area contributed by atoms with Crippen LogP contribution in [0.4, 0.5) is 5.69 Å². The summed E-state index contributed by atoms with van der Waals surface area (Å²) in [5.74, 6) is -0.881. The zero-order valence-corrected chi connectivity index (χ0v) is 11.9. The summed E-state index contributed by atoms with van der Waals surface area (Å²) < 4.78 is 1.59. The van der Waals surface area contributed by atoms with E-state index in [0.29, 0.717) is 6.04 Å². The Kier molecular flexibility index (Phi) is 3.45. The molecule has 0 saturated heterocycles. The van der Waals surface area contributed by atoms with Gasteiger partial charge in [0.1, 0.15) is 0 Å². The van der Waals surface area contributed by atoms with Crippen LogP contribution in [0.2, 0.25) is 0 Å². The van der Waals surface area contributed by atoms with Crippen LogP contribution in [0.25, 0.3) is 11.0 Å². The van der Waals surface area contributed by atoms with Crippen LogP contribution in [-0.4, -0.2) is 26.7 Å². The van der Waals surface area contributed by atoms with Gasteiger partial charge in [-0.3, -0.25) is 9.36 Å². The number of benzene rings is 1. The molecule has 2 aromatic rings. The topological polar surface area (TPSA) is 87.1 Å². The number of carbonyl (C=O) groups is 1. The fraction of sp³-hybridized carbons (Fsp3) is 0.467. The highest BCUT2D eigenvalue weighted by Crippen LogP contribution is 2.27. The number of hydrogen-bond acceptors (Lipinski definition) is 3. The van der Waals surface area contributed by atoms with Gasteiger partial charge in [-0.25, -0.2) is 4.79 Å². The summed E-state index contributed by atoms with van der Waals surface area (Å²) in [6.45, 7) is 0. The second kappa shape index (κ2) is 5.27. The quantitative estimate of drug-likeness (QED) is 0.805. The van der Waals surface area contributed by atoms with Crippen molar-refractivity contribution < 1.29 is 9.90 Å². The van der Waals surface area contributed by atoms with Crippen molar-refractivity contribution in [2.75, 3.05) is 5.32 Å². The third-order valence-corrected chi connectivity index (χ3v) is 4.35. The SMILES string of the molecule is Cn1c(=O)[nH]c2ccc(NC3CCC(C(=O)O)CC3)cc21. The number of carboxylic acids is 1. The Morgan fingerprint density at radius 2 is 2.05 bits per heavy atom. The third kappa shape index (κ3) is 2.66. The number of hydrogen-bond donors (Lipinski definition) is 3. The van der Waals surface area contributed by atoms with Gasteiger partial charge in [-0.05, 0) is 43.9 Å². The summed E-state index contributed by atoms with van der Waals surface area (Å²) in [5, 5.41) is 12.5. The summed E-state index contributed by atoms with van der Waals surface area (Å²) in [6, 6.07) is 6.09. The first-order valence-corrected chi connectivity index (χ1v) is 7.22. The molecule has 1 saturated carbocycles. The maximum Gasteiger partial charge on any atom is 0.326 e. The summed E-state index contributed by atoms with van der Waals surface area (Å²) in [7, 11) is 1.74. The van der Waals surface area contributed by atoms with E-state index in [2.05, 4.69) is 10.3 Å². The normalized spacial score (nSPS) is 22.3. The molecule has 1 aromatic heterocycles. The number of aliphatic carboxylic acids is 1. The average Bonchev–Trinajstić information content (AvgIpc) is 2.75. The predicted octanol–water partition coefficient (Wildman–Crippen LogP) is 1.92. The zero-order chi connectivity index (χ0) is 15.0. The van der Waals surface area contributed by atoms with Crippen LogP contribution in [0.5, 0.6) is 0 Å². The van der Waals surface area contributed by atoms with Crippen LogP contribution >= 0.6 is 0 Å². The van der Waals surface area contributed by atoms with Gasteiger partial charge in [-0.1, -0.05) is 0 Å². The van der Waals surface area contributed by atoms with Gasteiger partial charge in [0.15, 0.2) is 0 Å². The predicted molar refractivity (Wildman–Crippen MR) is 80.5 cm³/mol. The Labute approximate surface area is 121 Å². The van der Waals surface area contributed by atoms with Crippen LogP contribution < -0.4 is 11.0 Å². The molecule has 3 rings (SSSR count). The molecular formula is C15H19N3O3. The number of carboxylic acid groups (broad SMARTS) is 1. The lowest BCUT2D eigenvalue weighted by atomic mass is 9.86. The minimum atomic E-state index is -0.683. The smallest absolute Gasteiger partial charge is 0.326 e. The van der Waals surface area contributed by atoms with E-state index in [1.54, 1.807) is 11.6 Å². The van der Waals surface area contributed by atoms with E-state index in [9.17, 15) is 9.59 Å². The monoisotopic (exact) mass is 289 g/mol. The minimum Gasteiger partial charge on any atom is -0.481 e. The molecule has 0 atom stereocenters. The molecule has 1 fully saturated rings. The Hall–Kier alpha value is -2.24. The molecule has 3 N–H and O–H groups in total. The summed E-state index contributed by atoms with van der Waals surface area (Å²) in [6.07, 6.45) is 3.16. The lowest BCUT2D eigenvalue weighted by Gasteiger charge is -2.27. The Morgan fingerprint density at radius 1 is 1.33 bits per heavy atom. The van der Waals surface area contributed by atoms with Crippen LogP contribution in [0.3, 0.4) is 0 Å². The number of fused-ring (bicyclic) bond motifs is 1. The zero-order valence-electron chi connectivity index (χ0n) is 11.9. The van der Waals surface area contributed by atoms with Crippen molar-refractivity contribution in [1.29, 1.82) is 0 Å². The maximum atomic E-state index is 11.6. The summed E-state index contributed by atoms with van der Waals surface area (Å²) >= 11 is 0. The number of anilines is 1. The number of nitrogens with zero attached hydrogens (tertiary/aromatic N) is 1. The van der Waals surface area contributed by atoms with Gasteiger partial charge in [-0.2, -0.15) is 0 Å². The maximum absolute atomic E-state index is 11.6. The van der Waals surface area contributed by atoms with Crippen molar-refractivity contribution in [1.82, 2.24) is 9.55 Å². The highest BCUT2D eigenvalue weighted by atomic mass is 16.4. The van der Waals surface area contributed by atoms with Gasteiger partial charge >= 0.3 is 11.7 Å². The van der Waals surface area contributed by atoms with Crippen LogP contribution in [-0.2, 0) is 11.8 Å². The molecular weight excluding hydrogens is 270 g/mol. The lowest BCUT2D eigenvalue weighted by Crippen LogP contribution is -2.29. The standard InChI is InChI=1S/C15H19N3O3/c1-18-13-8-11(6-7-12(13)17-15(18)21)16-10-4-2-9(3-5-10)14(19)20/h6-10,16H,2-5H2,1H3,(H,17,21)(H,19,20). The highest BCUT2D eigenvalue weighted by Gasteiger charge is 2.25. The lowest BCUT2D eigenvalue weighted by molar-refractivity contribution is -0.142. The molecule has 6 nitrogen and oxygen atoms in total. The van der Waals surface area contributed by atoms with E-state index >= 15 is 0 Å². The first kappa shape index (κ1) is 13.7. The molecule has 0 aliphatic heterocycles. The second-order valence-corrected chi connectivity index (χ2v) is 5.75. The van der Waals surface area contributed by atoms with Gasteiger partial charge in [-0.15, -0.1) is 0 Å². The first-order valence-electron chi connectivity index (χ1n) is 7.22. The van der Waals surface area contributed by atoms with Gasteiger partial charge in [0, 0.05) is 18.8 Å². The molecule has 0 spiro atoms. The number of nitrogens with one attached hydrogen (secondary N) is 2. The van der Waals surface area contributed by atoms with Crippen molar-refractivity contribution >= 4 is 22.7 Å². The van der Waals surface area contributed by atoms with Crippen LogP contribution in [0.1, 0.15) is 25.7 Å². The number of aromatic amines is 1. The van der Waals surface area contributed by atoms with E-state index in [-0.39, 0.29) is 11.6 Å². The van der Waals surface area contributed by atoms with Crippen molar-refractivity contribution in [3.63, 3.8) is 0 Å². The molecule has 1 aromatic carbocycles. The molecule has 1 heterocycles. The highest BCUT2D eigenvalue weighted by molar-refractivity contribution is 5.79. The van der Waals surface area contributed by atoms with Crippen LogP contribution in [0.15, 0.2) is 23.0 Å². The molecule has 1 aliphatic rings. The van der Waals surface area contributed by atoms with E-state index < -0.39 is 5.97 Å². The number of rotatable bonds is 3. The van der Waals surface area contributed by atoms with Gasteiger partial charge in [0.25, 0.3) is 0 Å². The van der Waals surface area contributed by atoms with Crippen molar-refractivity contribution in [2.45, 2.75) is 31.7 Å². The largest absolute Gasteiger partial charge is 0.481 e. The van der Waals surface area contributed by atoms with Crippen LogP contribution in [0, 0.1) is 5.92 Å². The van der Waals surface area contributed by atoms with Gasteiger partial charge in [0.2, 0.25) is 0 Å². The minimum absolute atomic E-state index is 0.121. The number of imidazole rings is 1. The Morgan fingerprint density at radius 3 is 2.71 bits per heavy atom. The van der Waals surface area contributed by atoms with E-state index in [1.807, 2.05) is 18.2 Å². The van der Waals surface area contributed by atoms with Gasteiger partial charge < -0.3 is 15.4 Å². The number of aryl methyl sites for hydroxylation is 1. The third-order valence-electron chi connectivity index (χ3n) is 4.35. The summed E-state index contributed by atoms with van der Waals surface area (Å²) in [5.41, 5.74) is 2.53. The number of aromatic nitrogens is 2. The molecule has 112 valence electrons. The second-order valence-electron chi connectivity index (χ2n) is 5.75. The molecule has 1 aliphatic carbocycles. The first-order chi connectivity index (χ1) is 10.0. The molecule has 6 heteroatoms. The van der Waals surface area contributed by atoms with Crippen molar-refractivity contribution in [3.8, 4) is 0 Å². The average molecular weight is 289 g/mol. The Balaban J connectivity index is 1.72. The molecule has 0 bridgehead atoms. The molecule has 21 heavy (non-hydrogen) atoms. The van der Waals surface area contributed by atoms with Gasteiger partial charge in [0.05, 0.1) is 17.0 Å². The molecule has 0 unspecified atom stereocenters. The van der Waals surface area contributed by atoms with E-state index in [1.165, 1.54) is 0 Å². The van der Waals surface area contributed by atoms with E-state index in [4.69, 9.17) is 5.11 Å². The summed E-state index contributed by atoms with van der Waals surface area (Å²) in [4.78, 5) is 25.3. The molecule has 0 radical (unpaired) electrons. The van der Waals surface area contributed by atoms with Crippen molar-refractivity contribution in [3.05, 3.63) is 28.7 Å². The number of H-pyrrole nitrogens is 1. The Bertz CT molecular complexity index is 723. The van der Waals surface area contributed by atoms with Crippen molar-refractivity contribution in [2.24, 2.45) is 13.0 Å². The fourth-order valence-corrected chi connectivity index (χ4v) is 3.03. The van der Waals surface area contributed by atoms with E-state index in [0.717, 1.165) is 42.4 Å². The molecule has 0 amide bonds.